The predicted molar refractivity (Wildman–Crippen MR) is 145 cm³/mol. The fraction of sp³-hybridized carbons (Fsp3) is 0.467. The molecule has 6 heteroatoms. The number of nitrogens with zero attached hydrogens (tertiary/aromatic N) is 3. The zero-order valence-corrected chi connectivity index (χ0v) is 22.1. The van der Waals surface area contributed by atoms with Gasteiger partial charge in [0, 0.05) is 32.2 Å². The van der Waals surface area contributed by atoms with E-state index >= 15 is 0 Å². The van der Waals surface area contributed by atoms with Gasteiger partial charge in [0.2, 0.25) is 0 Å². The van der Waals surface area contributed by atoms with Crippen molar-refractivity contribution in [3.05, 3.63) is 70.3 Å². The Balaban J connectivity index is 1.50. The molecular formula is C30H39N3O3. The number of allylic oxidation sites excluding steroid dienone is 1. The number of fused-ring (bicyclic) bond motifs is 1. The first-order chi connectivity index (χ1) is 17.3. The molecule has 4 rings (SSSR count). The number of phenols is 1. The zero-order chi connectivity index (χ0) is 25.8. The first-order valence-corrected chi connectivity index (χ1v) is 13.0. The van der Waals surface area contributed by atoms with Crippen LogP contribution in [0.1, 0.15) is 64.7 Å². The number of benzene rings is 2. The highest BCUT2D eigenvalue weighted by molar-refractivity contribution is 6.14. The minimum atomic E-state index is -0.180. The summed E-state index contributed by atoms with van der Waals surface area (Å²) in [7, 11) is 5.88. The Bertz CT molecular complexity index is 1160. The third kappa shape index (κ3) is 5.65. The zero-order valence-electron chi connectivity index (χ0n) is 22.1. The number of carbonyl (C=O) groups is 1. The number of hydrogen-bond acceptors (Lipinski definition) is 5. The monoisotopic (exact) mass is 489 g/mol. The Morgan fingerprint density at radius 2 is 1.86 bits per heavy atom. The second-order valence-corrected chi connectivity index (χ2v) is 10.4. The Kier molecular flexibility index (Phi) is 8.14. The SMILES string of the molecule is C=C(/C(=N/C)c1cc(C(=O)N2Cc3ccc(OCCCN(C)C)cc3C2)c(O)cc1C)C1CCCC1. The molecule has 0 bridgehead atoms. The Morgan fingerprint density at radius 3 is 2.56 bits per heavy atom. The summed E-state index contributed by atoms with van der Waals surface area (Å²) in [5, 5.41) is 10.7. The molecule has 2 aromatic carbocycles. The molecule has 2 aromatic rings. The molecule has 1 N–H and O–H groups in total. The summed E-state index contributed by atoms with van der Waals surface area (Å²) < 4.78 is 5.92. The van der Waals surface area contributed by atoms with Crippen molar-refractivity contribution in [1.82, 2.24) is 9.80 Å². The second-order valence-electron chi connectivity index (χ2n) is 10.4. The van der Waals surface area contributed by atoms with Crippen LogP contribution in [0.15, 0.2) is 47.5 Å². The average molecular weight is 490 g/mol. The maximum atomic E-state index is 13.6. The molecule has 1 aliphatic heterocycles. The van der Waals surface area contributed by atoms with Gasteiger partial charge in [0.05, 0.1) is 17.9 Å². The van der Waals surface area contributed by atoms with Gasteiger partial charge in [-0.1, -0.05) is 25.5 Å². The van der Waals surface area contributed by atoms with Gasteiger partial charge in [-0.05, 0) is 92.7 Å². The van der Waals surface area contributed by atoms with Crippen LogP contribution in [0, 0.1) is 12.8 Å². The van der Waals surface area contributed by atoms with Crippen molar-refractivity contribution in [3.8, 4) is 11.5 Å². The van der Waals surface area contributed by atoms with Gasteiger partial charge in [-0.15, -0.1) is 0 Å². The van der Waals surface area contributed by atoms with Crippen LogP contribution in [0.5, 0.6) is 11.5 Å². The van der Waals surface area contributed by atoms with Crippen molar-refractivity contribution < 1.29 is 14.6 Å². The molecule has 0 unspecified atom stereocenters. The largest absolute Gasteiger partial charge is 0.507 e. The molecule has 1 saturated carbocycles. The summed E-state index contributed by atoms with van der Waals surface area (Å²) in [6.07, 6.45) is 5.66. The van der Waals surface area contributed by atoms with Crippen molar-refractivity contribution >= 4 is 11.6 Å². The average Bonchev–Trinajstić information content (AvgIpc) is 3.53. The first kappa shape index (κ1) is 26.0. The van der Waals surface area contributed by atoms with E-state index in [0.717, 1.165) is 65.1 Å². The van der Waals surface area contributed by atoms with E-state index in [2.05, 4.69) is 30.6 Å². The topological polar surface area (TPSA) is 65.4 Å². The fourth-order valence-electron chi connectivity index (χ4n) is 5.37. The Labute approximate surface area is 215 Å². The van der Waals surface area contributed by atoms with Crippen LogP contribution in [-0.4, -0.2) is 60.8 Å². The number of aliphatic imine (C=N–C) groups is 1. The van der Waals surface area contributed by atoms with Gasteiger partial charge < -0.3 is 19.6 Å². The standard InChI is InChI=1S/C30H39N3O3/c1-20-15-28(34)27(17-26(20)29(31-3)21(2)22-9-6-7-10-22)30(35)33-18-23-11-12-25(16-24(23)19-33)36-14-8-13-32(4)5/h11-12,15-17,22,34H,2,6-10,13-14,18-19H2,1,3-5H3/b31-29-. The molecule has 1 fully saturated rings. The van der Waals surface area contributed by atoms with Gasteiger partial charge in [0.1, 0.15) is 11.5 Å². The number of hydrogen-bond donors (Lipinski definition) is 1. The molecule has 1 heterocycles. The van der Waals surface area contributed by atoms with Gasteiger partial charge >= 0.3 is 0 Å². The van der Waals surface area contributed by atoms with E-state index < -0.39 is 0 Å². The maximum Gasteiger partial charge on any atom is 0.258 e. The normalized spacial score (nSPS) is 16.0. The molecule has 192 valence electrons. The number of amides is 1. The van der Waals surface area contributed by atoms with Crippen LogP contribution >= 0.6 is 0 Å². The van der Waals surface area contributed by atoms with Crippen molar-refractivity contribution in [2.24, 2.45) is 10.9 Å². The van der Waals surface area contributed by atoms with Crippen LogP contribution < -0.4 is 4.74 Å². The van der Waals surface area contributed by atoms with Crippen molar-refractivity contribution in [1.29, 1.82) is 0 Å². The molecule has 1 amide bonds. The number of ether oxygens (including phenoxy) is 1. The third-order valence-corrected chi connectivity index (χ3v) is 7.41. The molecule has 0 radical (unpaired) electrons. The van der Waals surface area contributed by atoms with Gasteiger partial charge in [-0.3, -0.25) is 9.79 Å². The second kappa shape index (κ2) is 11.3. The molecular weight excluding hydrogens is 450 g/mol. The fourth-order valence-corrected chi connectivity index (χ4v) is 5.37. The number of phenolic OH excluding ortho intramolecular Hbond substituents is 1. The van der Waals surface area contributed by atoms with E-state index in [9.17, 15) is 9.90 Å². The van der Waals surface area contributed by atoms with Crippen LogP contribution in [0.25, 0.3) is 0 Å². The van der Waals surface area contributed by atoms with Crippen molar-refractivity contribution in [3.63, 3.8) is 0 Å². The number of aromatic hydroxyl groups is 1. The summed E-state index contributed by atoms with van der Waals surface area (Å²) in [4.78, 5) is 22.1. The number of rotatable bonds is 9. The summed E-state index contributed by atoms with van der Waals surface area (Å²) in [5.41, 5.74) is 6.16. The smallest absolute Gasteiger partial charge is 0.258 e. The highest BCUT2D eigenvalue weighted by atomic mass is 16.5. The summed E-state index contributed by atoms with van der Waals surface area (Å²) >= 11 is 0. The van der Waals surface area contributed by atoms with Gasteiger partial charge in [0.25, 0.3) is 5.91 Å². The number of aryl methyl sites for hydroxylation is 1. The lowest BCUT2D eigenvalue weighted by molar-refractivity contribution is 0.0748. The van der Waals surface area contributed by atoms with E-state index in [1.54, 1.807) is 24.1 Å². The first-order valence-electron chi connectivity index (χ1n) is 13.0. The van der Waals surface area contributed by atoms with Crippen LogP contribution in [0.2, 0.25) is 0 Å². The van der Waals surface area contributed by atoms with Gasteiger partial charge in [0.15, 0.2) is 0 Å². The van der Waals surface area contributed by atoms with Crippen molar-refractivity contribution in [2.75, 3.05) is 34.3 Å². The summed E-state index contributed by atoms with van der Waals surface area (Å²) in [6, 6.07) is 9.53. The molecule has 0 atom stereocenters. The van der Waals surface area contributed by atoms with Crippen LogP contribution in [-0.2, 0) is 13.1 Å². The summed E-state index contributed by atoms with van der Waals surface area (Å²) in [5.74, 6) is 1.09. The lowest BCUT2D eigenvalue weighted by Gasteiger charge is -2.20. The van der Waals surface area contributed by atoms with Crippen LogP contribution in [0.3, 0.4) is 0 Å². The molecule has 0 aromatic heterocycles. The predicted octanol–water partition coefficient (Wildman–Crippen LogP) is 5.35. The minimum absolute atomic E-state index is 0.00375. The van der Waals surface area contributed by atoms with E-state index in [1.165, 1.54) is 12.8 Å². The molecule has 36 heavy (non-hydrogen) atoms. The third-order valence-electron chi connectivity index (χ3n) is 7.41. The van der Waals surface area contributed by atoms with Gasteiger partial charge in [-0.2, -0.15) is 0 Å². The Hall–Kier alpha value is -3.12. The molecule has 0 spiro atoms. The van der Waals surface area contributed by atoms with E-state index in [4.69, 9.17) is 4.74 Å². The van der Waals surface area contributed by atoms with Crippen LogP contribution in [0.4, 0.5) is 0 Å². The minimum Gasteiger partial charge on any atom is -0.507 e. The van der Waals surface area contributed by atoms with E-state index in [0.29, 0.717) is 31.2 Å². The molecule has 6 nitrogen and oxygen atoms in total. The van der Waals surface area contributed by atoms with Gasteiger partial charge in [-0.25, -0.2) is 0 Å². The van der Waals surface area contributed by atoms with Crippen molar-refractivity contribution in [2.45, 2.75) is 52.1 Å². The van der Waals surface area contributed by atoms with E-state index in [1.807, 2.05) is 25.1 Å². The molecule has 0 saturated heterocycles. The quantitative estimate of drug-likeness (QED) is 0.381. The molecule has 2 aliphatic rings. The Morgan fingerprint density at radius 1 is 1.14 bits per heavy atom. The highest BCUT2D eigenvalue weighted by Crippen LogP contribution is 2.35. The highest BCUT2D eigenvalue weighted by Gasteiger charge is 2.29. The molecule has 1 aliphatic carbocycles. The summed E-state index contributed by atoms with van der Waals surface area (Å²) in [6.45, 7) is 8.96. The number of carbonyl (C=O) groups excluding carboxylic acids is 1. The van der Waals surface area contributed by atoms with E-state index in [-0.39, 0.29) is 11.7 Å². The maximum absolute atomic E-state index is 13.6. The lowest BCUT2D eigenvalue weighted by atomic mass is 9.88. The lowest BCUT2D eigenvalue weighted by Crippen LogP contribution is -2.26.